The molecule has 1 unspecified atom stereocenters. The molecule has 7 nitrogen and oxygen atoms in total. The van der Waals surface area contributed by atoms with E-state index in [1.807, 2.05) is 41.8 Å². The molecule has 1 aliphatic rings. The van der Waals surface area contributed by atoms with Crippen molar-refractivity contribution < 1.29 is 9.53 Å². The van der Waals surface area contributed by atoms with Crippen LogP contribution in [0.1, 0.15) is 23.5 Å². The van der Waals surface area contributed by atoms with Crippen LogP contribution < -0.4 is 5.32 Å². The highest BCUT2D eigenvalue weighted by atomic mass is 32.2. The van der Waals surface area contributed by atoms with Gasteiger partial charge in [0, 0.05) is 23.4 Å². The van der Waals surface area contributed by atoms with Gasteiger partial charge >= 0.3 is 0 Å². The van der Waals surface area contributed by atoms with Crippen molar-refractivity contribution in [2.75, 3.05) is 11.9 Å². The van der Waals surface area contributed by atoms with E-state index < -0.39 is 0 Å². The van der Waals surface area contributed by atoms with Gasteiger partial charge in [-0.05, 0) is 36.4 Å². The lowest BCUT2D eigenvalue weighted by atomic mass is 10.2. The third-order valence-electron chi connectivity index (χ3n) is 5.19. The second kappa shape index (κ2) is 10.6. The first-order valence-corrected chi connectivity index (χ1v) is 13.5. The summed E-state index contributed by atoms with van der Waals surface area (Å²) in [7, 11) is 0. The Morgan fingerprint density at radius 1 is 1.18 bits per heavy atom. The van der Waals surface area contributed by atoms with E-state index in [0.717, 1.165) is 58.2 Å². The highest BCUT2D eigenvalue weighted by molar-refractivity contribution is 7.98. The Balaban J connectivity index is 1.23. The lowest BCUT2D eigenvalue weighted by molar-refractivity contribution is -0.115. The summed E-state index contributed by atoms with van der Waals surface area (Å²) >= 11 is 4.79. The molecule has 0 aliphatic carbocycles. The summed E-state index contributed by atoms with van der Waals surface area (Å²) in [6, 6.07) is 13.6. The van der Waals surface area contributed by atoms with Crippen molar-refractivity contribution in [2.45, 2.75) is 42.8 Å². The van der Waals surface area contributed by atoms with Crippen molar-refractivity contribution >= 4 is 46.0 Å². The number of nitrogens with one attached hydrogen (secondary N) is 1. The average Bonchev–Trinajstić information content (AvgIpc) is 3.62. The van der Waals surface area contributed by atoms with Crippen LogP contribution in [0.3, 0.4) is 0 Å². The zero-order valence-corrected chi connectivity index (χ0v) is 20.3. The molecular weight excluding hydrogens is 474 g/mol. The predicted molar refractivity (Wildman–Crippen MR) is 133 cm³/mol. The van der Waals surface area contributed by atoms with E-state index in [-0.39, 0.29) is 18.4 Å². The van der Waals surface area contributed by atoms with Gasteiger partial charge in [0.1, 0.15) is 5.01 Å². The number of nitrogens with zero attached hydrogens (tertiary/aromatic N) is 4. The Kier molecular flexibility index (Phi) is 7.15. The van der Waals surface area contributed by atoms with Gasteiger partial charge in [-0.1, -0.05) is 36.0 Å². The van der Waals surface area contributed by atoms with E-state index in [1.165, 1.54) is 11.3 Å². The molecule has 1 saturated heterocycles. The third-order valence-corrected chi connectivity index (χ3v) is 7.95. The van der Waals surface area contributed by atoms with Crippen LogP contribution in [0.15, 0.2) is 58.4 Å². The van der Waals surface area contributed by atoms with E-state index >= 15 is 0 Å². The molecule has 170 valence electrons. The summed E-state index contributed by atoms with van der Waals surface area (Å²) < 4.78 is 8.04. The minimum Gasteiger partial charge on any atom is -0.376 e. The molecule has 1 aromatic carbocycles. The Bertz CT molecular complexity index is 1180. The lowest BCUT2D eigenvalue weighted by Crippen LogP contribution is -2.16. The second-order valence-corrected chi connectivity index (χ2v) is 10.5. The minimum absolute atomic E-state index is 0.0633. The van der Waals surface area contributed by atoms with Gasteiger partial charge in [0.25, 0.3) is 0 Å². The molecule has 10 heteroatoms. The molecule has 1 amide bonds. The van der Waals surface area contributed by atoms with Crippen LogP contribution in [0.25, 0.3) is 10.7 Å². The maximum Gasteiger partial charge on any atom is 0.231 e. The summed E-state index contributed by atoms with van der Waals surface area (Å²) in [6.07, 6.45) is 2.63. The Hall–Kier alpha value is -2.53. The molecular formula is C23H23N5O2S3. The molecule has 4 aromatic rings. The summed E-state index contributed by atoms with van der Waals surface area (Å²) in [4.78, 5) is 18.1. The van der Waals surface area contributed by atoms with Gasteiger partial charge < -0.3 is 10.1 Å². The van der Waals surface area contributed by atoms with Gasteiger partial charge in [0.05, 0.1) is 29.6 Å². The number of aromatic nitrogens is 4. The molecule has 33 heavy (non-hydrogen) atoms. The van der Waals surface area contributed by atoms with Gasteiger partial charge in [0.2, 0.25) is 5.91 Å². The number of thiazole rings is 1. The van der Waals surface area contributed by atoms with Gasteiger partial charge in [-0.15, -0.1) is 32.9 Å². The minimum atomic E-state index is -0.0633. The molecule has 0 saturated carbocycles. The Morgan fingerprint density at radius 2 is 2.09 bits per heavy atom. The van der Waals surface area contributed by atoms with Crippen LogP contribution in [0.4, 0.5) is 5.69 Å². The topological polar surface area (TPSA) is 81.9 Å². The zero-order valence-electron chi connectivity index (χ0n) is 17.8. The summed E-state index contributed by atoms with van der Waals surface area (Å²) in [5, 5.41) is 17.6. The number of hydrogen-bond donors (Lipinski definition) is 1. The summed E-state index contributed by atoms with van der Waals surface area (Å²) in [6.45, 7) is 1.58. The largest absolute Gasteiger partial charge is 0.376 e. The molecule has 1 aliphatic heterocycles. The number of hydrogen-bond acceptors (Lipinski definition) is 8. The summed E-state index contributed by atoms with van der Waals surface area (Å²) in [5.41, 5.74) is 1.74. The van der Waals surface area contributed by atoms with Crippen molar-refractivity contribution in [2.24, 2.45) is 0 Å². The molecule has 0 spiro atoms. The number of benzene rings is 1. The van der Waals surface area contributed by atoms with E-state index in [1.54, 1.807) is 23.1 Å². The molecule has 3 aromatic heterocycles. The van der Waals surface area contributed by atoms with Crippen LogP contribution in [0, 0.1) is 0 Å². The first-order valence-electron chi connectivity index (χ1n) is 10.7. The third kappa shape index (κ3) is 5.70. The molecule has 0 radical (unpaired) electrons. The SMILES string of the molecule is O=C(Cc1nc(CSc2nnc(-c3cccs3)n2CC2CCCO2)cs1)Nc1ccccc1. The number of thiophene rings is 1. The zero-order chi connectivity index (χ0) is 22.5. The van der Waals surface area contributed by atoms with Crippen LogP contribution in [0.5, 0.6) is 0 Å². The number of thioether (sulfide) groups is 1. The average molecular weight is 498 g/mol. The maximum absolute atomic E-state index is 12.3. The summed E-state index contributed by atoms with van der Waals surface area (Å²) in [5.74, 6) is 1.50. The van der Waals surface area contributed by atoms with Gasteiger partial charge in [0.15, 0.2) is 11.0 Å². The monoisotopic (exact) mass is 497 g/mol. The molecule has 1 N–H and O–H groups in total. The van der Waals surface area contributed by atoms with Crippen LogP contribution in [-0.2, 0) is 28.2 Å². The predicted octanol–water partition coefficient (Wildman–Crippen LogP) is 5.12. The second-order valence-electron chi connectivity index (χ2n) is 7.64. The van der Waals surface area contributed by atoms with Gasteiger partial charge in [-0.25, -0.2) is 4.98 Å². The molecule has 1 atom stereocenters. The van der Waals surface area contributed by atoms with Gasteiger partial charge in [-0.3, -0.25) is 9.36 Å². The fourth-order valence-corrected chi connectivity index (χ4v) is 6.09. The van der Waals surface area contributed by atoms with Crippen molar-refractivity contribution in [3.8, 4) is 10.7 Å². The smallest absolute Gasteiger partial charge is 0.231 e. The number of ether oxygens (including phenoxy) is 1. The molecule has 0 bridgehead atoms. The van der Waals surface area contributed by atoms with Crippen LogP contribution >= 0.6 is 34.4 Å². The number of carbonyl (C=O) groups is 1. The van der Waals surface area contributed by atoms with Crippen molar-refractivity contribution in [1.82, 2.24) is 19.7 Å². The lowest BCUT2D eigenvalue weighted by Gasteiger charge is -2.14. The van der Waals surface area contributed by atoms with E-state index in [9.17, 15) is 4.79 Å². The first kappa shape index (κ1) is 22.3. The number of carbonyl (C=O) groups excluding carboxylic acids is 1. The number of amides is 1. The quantitative estimate of drug-likeness (QED) is 0.324. The number of para-hydroxylation sites is 1. The van der Waals surface area contributed by atoms with Crippen LogP contribution in [-0.4, -0.2) is 38.4 Å². The normalized spacial score (nSPS) is 15.7. The van der Waals surface area contributed by atoms with Crippen molar-refractivity contribution in [3.05, 3.63) is 63.9 Å². The maximum atomic E-state index is 12.3. The fraction of sp³-hybridized carbons (Fsp3) is 0.304. The van der Waals surface area contributed by atoms with Gasteiger partial charge in [-0.2, -0.15) is 0 Å². The Morgan fingerprint density at radius 3 is 2.88 bits per heavy atom. The molecule has 5 rings (SSSR count). The Labute approximate surface area is 204 Å². The first-order chi connectivity index (χ1) is 16.2. The van der Waals surface area contributed by atoms with Crippen molar-refractivity contribution in [1.29, 1.82) is 0 Å². The standard InChI is InChI=1S/C23H23N5O2S3/c29-20(24-16-6-2-1-3-7-16)12-21-25-17(14-32-21)15-33-23-27-26-22(19-9-5-11-31-19)28(23)13-18-8-4-10-30-18/h1-3,5-7,9,11,14,18H,4,8,10,12-13,15H2,(H,24,29). The highest BCUT2D eigenvalue weighted by Gasteiger charge is 2.22. The van der Waals surface area contributed by atoms with Crippen molar-refractivity contribution in [3.63, 3.8) is 0 Å². The molecule has 1 fully saturated rings. The highest BCUT2D eigenvalue weighted by Crippen LogP contribution is 2.30. The number of rotatable bonds is 9. The van der Waals surface area contributed by atoms with E-state index in [0.29, 0.717) is 5.75 Å². The number of anilines is 1. The van der Waals surface area contributed by atoms with E-state index in [2.05, 4.69) is 36.5 Å². The molecule has 4 heterocycles. The van der Waals surface area contributed by atoms with E-state index in [4.69, 9.17) is 4.74 Å². The fourth-order valence-electron chi connectivity index (χ4n) is 3.64. The van der Waals surface area contributed by atoms with Crippen LogP contribution in [0.2, 0.25) is 0 Å².